The Morgan fingerprint density at radius 2 is 1.90 bits per heavy atom. The molecule has 0 aromatic carbocycles. The Bertz CT molecular complexity index is 159. The topological polar surface area (TPSA) is 20.2 Å². The molecule has 0 aliphatic rings. The van der Waals surface area contributed by atoms with Crippen molar-refractivity contribution in [1.82, 2.24) is 0 Å². The molecule has 0 spiro atoms. The van der Waals surface area contributed by atoms with Gasteiger partial charge in [0.15, 0.2) is 0 Å². The zero-order chi connectivity index (χ0) is 8.36. The van der Waals surface area contributed by atoms with Crippen molar-refractivity contribution in [1.29, 1.82) is 0 Å². The molecule has 58 valence electrons. The van der Waals surface area contributed by atoms with E-state index in [4.69, 9.17) is 0 Å². The van der Waals surface area contributed by atoms with Crippen molar-refractivity contribution in [3.63, 3.8) is 0 Å². The van der Waals surface area contributed by atoms with Gasteiger partial charge in [-0.05, 0) is 12.1 Å². The fraction of sp³-hybridized carbons (Fsp3) is 0.625. The molecule has 0 aliphatic carbocycles. The van der Waals surface area contributed by atoms with Crippen LogP contribution in [0.2, 0.25) is 19.6 Å². The second-order valence-corrected chi connectivity index (χ2v) is 8.56. The van der Waals surface area contributed by atoms with E-state index in [0.717, 1.165) is 5.20 Å². The average molecular weight is 156 g/mol. The summed E-state index contributed by atoms with van der Waals surface area (Å²) in [5, 5.41) is 10.2. The van der Waals surface area contributed by atoms with E-state index in [1.165, 1.54) is 0 Å². The number of hydrogen-bond acceptors (Lipinski definition) is 1. The summed E-state index contributed by atoms with van der Waals surface area (Å²) < 4.78 is 0. The predicted octanol–water partition coefficient (Wildman–Crippen LogP) is 1.96. The molecule has 0 saturated heterocycles. The molecule has 10 heavy (non-hydrogen) atoms. The first-order valence-corrected chi connectivity index (χ1v) is 6.98. The highest BCUT2D eigenvalue weighted by Gasteiger charge is 2.22. The lowest BCUT2D eigenvalue weighted by Gasteiger charge is -2.20. The van der Waals surface area contributed by atoms with Gasteiger partial charge in [0.25, 0.3) is 0 Å². The summed E-state index contributed by atoms with van der Waals surface area (Å²) >= 11 is 0. The minimum atomic E-state index is -1.36. The summed E-state index contributed by atoms with van der Waals surface area (Å²) in [5.74, 6) is 0. The van der Waals surface area contributed by atoms with Crippen LogP contribution in [0.5, 0.6) is 0 Å². The van der Waals surface area contributed by atoms with Gasteiger partial charge in [0.05, 0.1) is 14.2 Å². The maximum atomic E-state index is 9.24. The average Bonchev–Trinajstić information content (AvgIpc) is 1.60. The van der Waals surface area contributed by atoms with Gasteiger partial charge in [0.2, 0.25) is 0 Å². The lowest BCUT2D eigenvalue weighted by molar-refractivity contribution is 0.238. The van der Waals surface area contributed by atoms with Crippen LogP contribution < -0.4 is 0 Å². The zero-order valence-corrected chi connectivity index (χ0v) is 8.23. The molecule has 0 amide bonds. The van der Waals surface area contributed by atoms with Crippen LogP contribution in [0.1, 0.15) is 6.92 Å². The Labute approximate surface area is 64.1 Å². The first-order valence-electron chi connectivity index (χ1n) is 3.48. The molecule has 0 aliphatic heterocycles. The van der Waals surface area contributed by atoms with Crippen LogP contribution in [0.25, 0.3) is 0 Å². The molecule has 0 aromatic rings. The van der Waals surface area contributed by atoms with Gasteiger partial charge in [0, 0.05) is 0 Å². The molecule has 0 aromatic heterocycles. The van der Waals surface area contributed by atoms with Crippen LogP contribution in [0.3, 0.4) is 0 Å². The van der Waals surface area contributed by atoms with Crippen LogP contribution >= 0.6 is 0 Å². The largest absolute Gasteiger partial charge is 0.389 e. The van der Waals surface area contributed by atoms with E-state index in [-0.39, 0.29) is 6.10 Å². The maximum absolute atomic E-state index is 9.24. The van der Waals surface area contributed by atoms with Crippen molar-refractivity contribution in [3.05, 3.63) is 17.5 Å². The summed E-state index contributed by atoms with van der Waals surface area (Å²) in [7, 11) is -1.36. The SMILES string of the molecule is C=C=C([C@H](C)O)[Si](C)(C)C. The Balaban J connectivity index is 4.57. The second kappa shape index (κ2) is 3.20. The molecule has 0 unspecified atom stereocenters. The summed E-state index contributed by atoms with van der Waals surface area (Å²) in [5.41, 5.74) is 2.82. The van der Waals surface area contributed by atoms with Crippen LogP contribution in [0, 0.1) is 0 Å². The Morgan fingerprint density at radius 3 is 1.90 bits per heavy atom. The van der Waals surface area contributed by atoms with E-state index in [2.05, 4.69) is 32.0 Å². The molecule has 0 rings (SSSR count). The predicted molar refractivity (Wildman–Crippen MR) is 47.7 cm³/mol. The molecule has 2 heteroatoms. The third kappa shape index (κ3) is 2.52. The summed E-state index contributed by atoms with van der Waals surface area (Å²) in [6.07, 6.45) is -0.371. The van der Waals surface area contributed by atoms with Gasteiger partial charge in [-0.25, -0.2) is 0 Å². The maximum Gasteiger partial charge on any atom is 0.0857 e. The smallest absolute Gasteiger partial charge is 0.0857 e. The molecular weight excluding hydrogens is 140 g/mol. The van der Waals surface area contributed by atoms with Crippen molar-refractivity contribution in [2.24, 2.45) is 0 Å². The van der Waals surface area contributed by atoms with Gasteiger partial charge < -0.3 is 5.11 Å². The second-order valence-electron chi connectivity index (χ2n) is 3.52. The highest BCUT2D eigenvalue weighted by atomic mass is 28.3. The van der Waals surface area contributed by atoms with Crippen molar-refractivity contribution >= 4 is 8.07 Å². The van der Waals surface area contributed by atoms with Gasteiger partial charge in [-0.1, -0.05) is 26.2 Å². The van der Waals surface area contributed by atoms with Gasteiger partial charge >= 0.3 is 0 Å². The van der Waals surface area contributed by atoms with Gasteiger partial charge in [-0.15, -0.1) is 5.73 Å². The summed E-state index contributed by atoms with van der Waals surface area (Å²) in [6, 6.07) is 0. The normalized spacial score (nSPS) is 14.1. The summed E-state index contributed by atoms with van der Waals surface area (Å²) in [6.45, 7) is 11.9. The lowest BCUT2D eigenvalue weighted by atomic mass is 10.4. The van der Waals surface area contributed by atoms with Crippen LogP contribution in [0.4, 0.5) is 0 Å². The Kier molecular flexibility index (Phi) is 3.10. The standard InChI is InChI=1S/C8H16OSi/c1-6-8(7(2)9)10(3,4)5/h7,9H,1H2,2-5H3/t7-/m0/s1. The molecular formula is C8H16OSi. The van der Waals surface area contributed by atoms with E-state index in [0.29, 0.717) is 0 Å². The Morgan fingerprint density at radius 1 is 1.50 bits per heavy atom. The van der Waals surface area contributed by atoms with Gasteiger partial charge in [0.1, 0.15) is 0 Å². The fourth-order valence-corrected chi connectivity index (χ4v) is 2.82. The molecule has 1 nitrogen and oxygen atoms in total. The molecule has 0 fully saturated rings. The molecule has 0 radical (unpaired) electrons. The van der Waals surface area contributed by atoms with Gasteiger partial charge in [-0.3, -0.25) is 0 Å². The van der Waals surface area contributed by atoms with Crippen molar-refractivity contribution in [2.75, 3.05) is 0 Å². The van der Waals surface area contributed by atoms with E-state index in [9.17, 15) is 5.11 Å². The monoisotopic (exact) mass is 156 g/mol. The van der Waals surface area contributed by atoms with E-state index >= 15 is 0 Å². The number of aliphatic hydroxyl groups excluding tert-OH is 1. The minimum absolute atomic E-state index is 0.371. The number of aliphatic hydroxyl groups is 1. The van der Waals surface area contributed by atoms with E-state index in [1.807, 2.05) is 0 Å². The fourth-order valence-electron chi connectivity index (χ4n) is 1.04. The van der Waals surface area contributed by atoms with Crippen LogP contribution in [-0.2, 0) is 0 Å². The van der Waals surface area contributed by atoms with E-state index in [1.54, 1.807) is 6.92 Å². The Hall–Kier alpha value is -0.303. The number of rotatable bonds is 2. The third-order valence-electron chi connectivity index (χ3n) is 1.42. The lowest BCUT2D eigenvalue weighted by Crippen LogP contribution is -2.30. The van der Waals surface area contributed by atoms with Gasteiger partial charge in [-0.2, -0.15) is 0 Å². The first kappa shape index (κ1) is 9.70. The van der Waals surface area contributed by atoms with Crippen molar-refractivity contribution in [3.8, 4) is 0 Å². The van der Waals surface area contributed by atoms with Crippen molar-refractivity contribution in [2.45, 2.75) is 32.7 Å². The highest BCUT2D eigenvalue weighted by molar-refractivity contribution is 6.83. The summed E-state index contributed by atoms with van der Waals surface area (Å²) in [4.78, 5) is 0. The molecule has 1 atom stereocenters. The van der Waals surface area contributed by atoms with Crippen LogP contribution in [-0.4, -0.2) is 19.3 Å². The number of hydrogen-bond donors (Lipinski definition) is 1. The molecule has 0 heterocycles. The van der Waals surface area contributed by atoms with Crippen molar-refractivity contribution < 1.29 is 5.11 Å². The van der Waals surface area contributed by atoms with E-state index < -0.39 is 8.07 Å². The molecule has 0 bridgehead atoms. The van der Waals surface area contributed by atoms with Crippen LogP contribution in [0.15, 0.2) is 17.5 Å². The zero-order valence-electron chi connectivity index (χ0n) is 7.23. The third-order valence-corrected chi connectivity index (χ3v) is 3.63. The highest BCUT2D eigenvalue weighted by Crippen LogP contribution is 2.16. The quantitative estimate of drug-likeness (QED) is 0.478. The molecule has 1 N–H and O–H groups in total. The first-order chi connectivity index (χ1) is 4.39. The minimum Gasteiger partial charge on any atom is -0.389 e. The molecule has 0 saturated carbocycles.